The molecule has 22 heavy (non-hydrogen) atoms. The molecule has 0 saturated carbocycles. The van der Waals surface area contributed by atoms with E-state index in [1.165, 1.54) is 6.42 Å². The van der Waals surface area contributed by atoms with Gasteiger partial charge in [-0.05, 0) is 37.2 Å². The number of ether oxygens (including phenoxy) is 1. The monoisotopic (exact) mass is 302 g/mol. The van der Waals surface area contributed by atoms with Gasteiger partial charge in [0.05, 0.1) is 18.3 Å². The summed E-state index contributed by atoms with van der Waals surface area (Å²) in [7, 11) is 0. The minimum Gasteiger partial charge on any atom is -0.396 e. The van der Waals surface area contributed by atoms with E-state index in [0.717, 1.165) is 50.6 Å². The zero-order valence-electron chi connectivity index (χ0n) is 13.6. The molecule has 1 aromatic heterocycles. The van der Waals surface area contributed by atoms with Gasteiger partial charge in [-0.15, -0.1) is 0 Å². The number of nitrogens with two attached hydrogens (primary N) is 1. The number of nitriles is 1. The van der Waals surface area contributed by atoms with Crippen molar-refractivity contribution in [1.82, 2.24) is 4.57 Å². The summed E-state index contributed by atoms with van der Waals surface area (Å²) >= 11 is 0. The average molecular weight is 302 g/mol. The van der Waals surface area contributed by atoms with Gasteiger partial charge in [0.2, 0.25) is 0 Å². The number of hydrogen-bond acceptors (Lipinski definition) is 4. The fourth-order valence-corrected chi connectivity index (χ4v) is 4.02. The lowest BCUT2D eigenvalue weighted by atomic mass is 9.92. The van der Waals surface area contributed by atoms with Crippen LogP contribution in [0.3, 0.4) is 0 Å². The third kappa shape index (κ3) is 2.93. The lowest BCUT2D eigenvalue weighted by Gasteiger charge is -2.37. The van der Waals surface area contributed by atoms with Crippen LogP contribution in [0.2, 0.25) is 0 Å². The predicted octanol–water partition coefficient (Wildman–Crippen LogP) is 2.60. The van der Waals surface area contributed by atoms with E-state index in [-0.39, 0.29) is 6.10 Å². The van der Waals surface area contributed by atoms with Crippen molar-refractivity contribution in [2.24, 2.45) is 11.8 Å². The van der Waals surface area contributed by atoms with Crippen LogP contribution < -0.4 is 10.6 Å². The Morgan fingerprint density at radius 1 is 1.36 bits per heavy atom. The van der Waals surface area contributed by atoms with Crippen molar-refractivity contribution in [2.75, 3.05) is 30.3 Å². The summed E-state index contributed by atoms with van der Waals surface area (Å²) < 4.78 is 7.84. The van der Waals surface area contributed by atoms with Crippen molar-refractivity contribution in [3.05, 3.63) is 11.8 Å². The van der Waals surface area contributed by atoms with Crippen LogP contribution in [0, 0.1) is 23.2 Å². The van der Waals surface area contributed by atoms with Crippen molar-refractivity contribution in [3.63, 3.8) is 0 Å². The van der Waals surface area contributed by atoms with Crippen molar-refractivity contribution < 1.29 is 4.74 Å². The molecule has 120 valence electrons. The van der Waals surface area contributed by atoms with E-state index in [1.807, 2.05) is 6.07 Å². The van der Waals surface area contributed by atoms with Gasteiger partial charge in [0, 0.05) is 19.7 Å². The van der Waals surface area contributed by atoms with Gasteiger partial charge in [0.1, 0.15) is 17.6 Å². The number of rotatable bonds is 3. The van der Waals surface area contributed by atoms with Gasteiger partial charge < -0.3 is 19.9 Å². The Morgan fingerprint density at radius 2 is 2.09 bits per heavy atom. The van der Waals surface area contributed by atoms with Gasteiger partial charge >= 0.3 is 0 Å². The molecule has 2 aliphatic heterocycles. The number of nitrogens with zero attached hydrogens (tertiary/aromatic N) is 3. The largest absolute Gasteiger partial charge is 0.396 e. The molecule has 2 saturated heterocycles. The number of aromatic nitrogens is 1. The van der Waals surface area contributed by atoms with E-state index in [4.69, 9.17) is 10.5 Å². The first-order valence-corrected chi connectivity index (χ1v) is 8.34. The Morgan fingerprint density at radius 3 is 2.68 bits per heavy atom. The van der Waals surface area contributed by atoms with Gasteiger partial charge in [-0.2, -0.15) is 5.26 Å². The van der Waals surface area contributed by atoms with Crippen LogP contribution in [0.1, 0.15) is 38.8 Å². The molecule has 3 atom stereocenters. The van der Waals surface area contributed by atoms with Crippen molar-refractivity contribution in [3.8, 4) is 6.07 Å². The standard InChI is InChI=1S/C17H26N4O/c1-12-6-13(2)10-20(9-12)17-16(19)7-14(8-18)21(17)11-15-4-3-5-22-15/h7,12-13,15H,3-6,9-11,19H2,1-2H3/t12-,13-,15+/m1/s1. The molecule has 2 N–H and O–H groups in total. The second-order valence-corrected chi connectivity index (χ2v) is 7.02. The molecule has 0 unspecified atom stereocenters. The van der Waals surface area contributed by atoms with E-state index in [2.05, 4.69) is 29.4 Å². The maximum atomic E-state index is 9.45. The maximum absolute atomic E-state index is 9.45. The van der Waals surface area contributed by atoms with Crippen molar-refractivity contribution in [1.29, 1.82) is 5.26 Å². The lowest BCUT2D eigenvalue weighted by Crippen LogP contribution is -2.40. The Labute approximate surface area is 132 Å². The first-order chi connectivity index (χ1) is 10.6. The summed E-state index contributed by atoms with van der Waals surface area (Å²) in [5.41, 5.74) is 7.62. The van der Waals surface area contributed by atoms with Crippen LogP contribution in [-0.4, -0.2) is 30.4 Å². The highest BCUT2D eigenvalue weighted by molar-refractivity contribution is 5.68. The first kappa shape index (κ1) is 15.2. The molecule has 0 bridgehead atoms. The zero-order valence-corrected chi connectivity index (χ0v) is 13.6. The fourth-order valence-electron chi connectivity index (χ4n) is 4.02. The third-order valence-corrected chi connectivity index (χ3v) is 4.79. The molecule has 5 heteroatoms. The molecule has 0 amide bonds. The summed E-state index contributed by atoms with van der Waals surface area (Å²) in [6, 6.07) is 4.11. The SMILES string of the molecule is C[C@@H]1C[C@@H](C)CN(c2c(N)cc(C#N)n2C[C@@H]2CCCO2)C1. The molecule has 0 aliphatic carbocycles. The van der Waals surface area contributed by atoms with Gasteiger partial charge in [-0.25, -0.2) is 0 Å². The summed E-state index contributed by atoms with van der Waals surface area (Å²) in [6.07, 6.45) is 3.64. The number of nitrogen functional groups attached to an aromatic ring is 1. The molecular weight excluding hydrogens is 276 g/mol. The number of anilines is 2. The summed E-state index contributed by atoms with van der Waals surface area (Å²) in [6.45, 7) is 8.16. The molecular formula is C17H26N4O. The molecule has 2 fully saturated rings. The molecule has 3 rings (SSSR count). The first-order valence-electron chi connectivity index (χ1n) is 8.34. The predicted molar refractivity (Wildman–Crippen MR) is 87.7 cm³/mol. The molecule has 3 heterocycles. The number of piperidine rings is 1. The van der Waals surface area contributed by atoms with Crippen LogP contribution in [0.25, 0.3) is 0 Å². The topological polar surface area (TPSA) is 67.2 Å². The highest BCUT2D eigenvalue weighted by Crippen LogP contribution is 2.34. The average Bonchev–Trinajstić information content (AvgIpc) is 3.06. The smallest absolute Gasteiger partial charge is 0.133 e. The summed E-state index contributed by atoms with van der Waals surface area (Å²) in [4.78, 5) is 2.37. The minimum absolute atomic E-state index is 0.206. The highest BCUT2D eigenvalue weighted by Gasteiger charge is 2.28. The van der Waals surface area contributed by atoms with Crippen molar-refractivity contribution >= 4 is 11.5 Å². The van der Waals surface area contributed by atoms with Crippen LogP contribution in [-0.2, 0) is 11.3 Å². The normalized spacial score (nSPS) is 28.8. The summed E-state index contributed by atoms with van der Waals surface area (Å²) in [5.74, 6) is 2.32. The van der Waals surface area contributed by atoms with Gasteiger partial charge in [-0.3, -0.25) is 0 Å². The van der Waals surface area contributed by atoms with E-state index >= 15 is 0 Å². The second-order valence-electron chi connectivity index (χ2n) is 7.02. The highest BCUT2D eigenvalue weighted by atomic mass is 16.5. The van der Waals surface area contributed by atoms with E-state index in [1.54, 1.807) is 0 Å². The fraction of sp³-hybridized carbons (Fsp3) is 0.706. The molecule has 0 aromatic carbocycles. The Bertz CT molecular complexity index is 558. The Kier molecular flexibility index (Phi) is 4.30. The quantitative estimate of drug-likeness (QED) is 0.932. The van der Waals surface area contributed by atoms with E-state index < -0.39 is 0 Å². The minimum atomic E-state index is 0.206. The Hall–Kier alpha value is -1.67. The van der Waals surface area contributed by atoms with Crippen molar-refractivity contribution in [2.45, 2.75) is 45.8 Å². The van der Waals surface area contributed by atoms with Gasteiger partial charge in [0.25, 0.3) is 0 Å². The van der Waals surface area contributed by atoms with Crippen LogP contribution in [0.15, 0.2) is 6.07 Å². The lowest BCUT2D eigenvalue weighted by molar-refractivity contribution is 0.0970. The number of hydrogen-bond donors (Lipinski definition) is 1. The maximum Gasteiger partial charge on any atom is 0.133 e. The molecule has 1 aromatic rings. The van der Waals surface area contributed by atoms with Gasteiger partial charge in [0.15, 0.2) is 0 Å². The Balaban J connectivity index is 1.91. The van der Waals surface area contributed by atoms with Gasteiger partial charge in [-0.1, -0.05) is 13.8 Å². The third-order valence-electron chi connectivity index (χ3n) is 4.79. The van der Waals surface area contributed by atoms with Crippen LogP contribution in [0.4, 0.5) is 11.5 Å². The van der Waals surface area contributed by atoms with Crippen LogP contribution >= 0.6 is 0 Å². The summed E-state index contributed by atoms with van der Waals surface area (Å²) in [5, 5.41) is 9.45. The molecule has 5 nitrogen and oxygen atoms in total. The molecule has 0 radical (unpaired) electrons. The zero-order chi connectivity index (χ0) is 15.7. The van der Waals surface area contributed by atoms with E-state index in [0.29, 0.717) is 17.5 Å². The molecule has 2 aliphatic rings. The molecule has 0 spiro atoms. The van der Waals surface area contributed by atoms with Crippen LogP contribution in [0.5, 0.6) is 0 Å². The van der Waals surface area contributed by atoms with E-state index in [9.17, 15) is 5.26 Å². The second kappa shape index (κ2) is 6.21.